The van der Waals surface area contributed by atoms with Gasteiger partial charge in [0, 0.05) is 37.8 Å². The highest BCUT2D eigenvalue weighted by atomic mass is 127. The Labute approximate surface area is 180 Å². The number of guanidine groups is 1. The molecule has 26 heavy (non-hydrogen) atoms. The third-order valence-corrected chi connectivity index (χ3v) is 4.50. The van der Waals surface area contributed by atoms with Crippen LogP contribution in [0.1, 0.15) is 24.8 Å². The molecule has 0 spiro atoms. The summed E-state index contributed by atoms with van der Waals surface area (Å²) in [6, 6.07) is 5.19. The van der Waals surface area contributed by atoms with Gasteiger partial charge >= 0.3 is 0 Å². The Morgan fingerprint density at radius 1 is 1.35 bits per heavy atom. The summed E-state index contributed by atoms with van der Waals surface area (Å²) in [5.74, 6) is 0.602. The van der Waals surface area contributed by atoms with Crippen molar-refractivity contribution in [1.29, 1.82) is 0 Å². The molecule has 2 rings (SSSR count). The Morgan fingerprint density at radius 3 is 2.77 bits per heavy atom. The van der Waals surface area contributed by atoms with Gasteiger partial charge in [-0.25, -0.2) is 4.39 Å². The molecule has 148 valence electrons. The topological polar surface area (TPSA) is 54.9 Å². The fourth-order valence-electron chi connectivity index (χ4n) is 2.60. The highest BCUT2D eigenvalue weighted by molar-refractivity contribution is 14.0. The lowest BCUT2D eigenvalue weighted by molar-refractivity contribution is 0.0420. The molecule has 0 amide bonds. The molecule has 1 aliphatic heterocycles. The first-order chi connectivity index (χ1) is 12.2. The number of aliphatic imine (C=N–C) groups is 1. The minimum absolute atomic E-state index is 0. The first-order valence-electron chi connectivity index (χ1n) is 8.77. The van der Waals surface area contributed by atoms with Gasteiger partial charge in [-0.1, -0.05) is 22.0 Å². The number of hydrogen-bond donors (Lipinski definition) is 2. The van der Waals surface area contributed by atoms with Gasteiger partial charge in [-0.3, -0.25) is 4.99 Å². The van der Waals surface area contributed by atoms with Crippen LogP contribution in [0.4, 0.5) is 4.39 Å². The van der Waals surface area contributed by atoms with Crippen molar-refractivity contribution in [3.05, 3.63) is 34.1 Å². The van der Waals surface area contributed by atoms with Crippen molar-refractivity contribution in [3.63, 3.8) is 0 Å². The van der Waals surface area contributed by atoms with Crippen molar-refractivity contribution in [3.8, 4) is 0 Å². The predicted octanol–water partition coefficient (Wildman–Crippen LogP) is 3.50. The van der Waals surface area contributed by atoms with Gasteiger partial charge in [0.15, 0.2) is 5.96 Å². The summed E-state index contributed by atoms with van der Waals surface area (Å²) in [5.41, 5.74) is 0.737. The number of aryl methyl sites for hydroxylation is 1. The lowest BCUT2D eigenvalue weighted by Gasteiger charge is -2.13. The molecule has 1 atom stereocenters. The molecule has 2 N–H and O–H groups in total. The molecule has 8 heteroatoms. The van der Waals surface area contributed by atoms with Crippen LogP contribution in [-0.2, 0) is 15.9 Å². The molecule has 1 aromatic rings. The summed E-state index contributed by atoms with van der Waals surface area (Å²) in [6.45, 7) is 3.79. The number of ether oxygens (including phenoxy) is 2. The smallest absolute Gasteiger partial charge is 0.190 e. The molecule has 1 fully saturated rings. The molecule has 0 bridgehead atoms. The second kappa shape index (κ2) is 13.7. The van der Waals surface area contributed by atoms with Crippen molar-refractivity contribution in [1.82, 2.24) is 10.6 Å². The number of halogens is 3. The molecule has 1 saturated heterocycles. The lowest BCUT2D eigenvalue weighted by Crippen LogP contribution is -2.38. The Morgan fingerprint density at radius 2 is 2.12 bits per heavy atom. The quantitative estimate of drug-likeness (QED) is 0.217. The van der Waals surface area contributed by atoms with Crippen LogP contribution in [0.2, 0.25) is 0 Å². The van der Waals surface area contributed by atoms with E-state index < -0.39 is 0 Å². The maximum absolute atomic E-state index is 13.7. The minimum Gasteiger partial charge on any atom is -0.379 e. The van der Waals surface area contributed by atoms with E-state index in [1.807, 2.05) is 12.1 Å². The fraction of sp³-hybridized carbons (Fsp3) is 0.611. The number of hydrogen-bond acceptors (Lipinski definition) is 3. The molecule has 1 aromatic carbocycles. The SMILES string of the molecule is CN=C(NCCCOC1CCOC1)NCCCc1ccc(Br)cc1F.I. The summed E-state index contributed by atoms with van der Waals surface area (Å²) in [4.78, 5) is 4.19. The lowest BCUT2D eigenvalue weighted by atomic mass is 10.1. The van der Waals surface area contributed by atoms with Crippen LogP contribution < -0.4 is 10.6 Å². The Hall–Kier alpha value is -0.450. The highest BCUT2D eigenvalue weighted by Crippen LogP contribution is 2.16. The summed E-state index contributed by atoms with van der Waals surface area (Å²) in [5, 5.41) is 6.51. The van der Waals surface area contributed by atoms with Crippen molar-refractivity contribution in [2.24, 2.45) is 4.99 Å². The normalized spacial score (nSPS) is 17.0. The van der Waals surface area contributed by atoms with E-state index in [1.165, 1.54) is 6.07 Å². The van der Waals surface area contributed by atoms with E-state index in [2.05, 4.69) is 31.6 Å². The third kappa shape index (κ3) is 8.96. The van der Waals surface area contributed by atoms with Crippen molar-refractivity contribution >= 4 is 45.9 Å². The van der Waals surface area contributed by atoms with Crippen LogP contribution in [0.3, 0.4) is 0 Å². The van der Waals surface area contributed by atoms with Crippen LogP contribution in [-0.4, -0.2) is 52.0 Å². The molecule has 5 nitrogen and oxygen atoms in total. The maximum Gasteiger partial charge on any atom is 0.190 e. The molecule has 0 aliphatic carbocycles. The molecular formula is C18H28BrFIN3O2. The van der Waals surface area contributed by atoms with Crippen LogP contribution in [0.5, 0.6) is 0 Å². The fourth-order valence-corrected chi connectivity index (χ4v) is 2.94. The van der Waals surface area contributed by atoms with Gasteiger partial charge in [-0.2, -0.15) is 0 Å². The molecule has 1 heterocycles. The number of rotatable bonds is 9. The Bertz CT molecular complexity index is 557. The Balaban J connectivity index is 0.00000338. The van der Waals surface area contributed by atoms with Crippen molar-refractivity contribution in [2.45, 2.75) is 31.8 Å². The van der Waals surface area contributed by atoms with E-state index in [4.69, 9.17) is 9.47 Å². The van der Waals surface area contributed by atoms with Gasteiger partial charge in [0.2, 0.25) is 0 Å². The first-order valence-corrected chi connectivity index (χ1v) is 9.56. The van der Waals surface area contributed by atoms with Gasteiger partial charge in [0.25, 0.3) is 0 Å². The minimum atomic E-state index is -0.162. The number of nitrogens with zero attached hydrogens (tertiary/aromatic N) is 1. The van der Waals surface area contributed by atoms with E-state index in [0.717, 1.165) is 68.2 Å². The zero-order chi connectivity index (χ0) is 17.9. The third-order valence-electron chi connectivity index (χ3n) is 4.01. The van der Waals surface area contributed by atoms with Gasteiger partial charge in [0.05, 0.1) is 12.7 Å². The van der Waals surface area contributed by atoms with E-state index in [9.17, 15) is 4.39 Å². The standard InChI is InChI=1S/C18H27BrFN3O2.HI/c1-21-18(23-9-3-10-25-16-7-11-24-13-16)22-8-2-4-14-5-6-15(19)12-17(14)20;/h5-6,12,16H,2-4,7-11,13H2,1H3,(H2,21,22,23);1H. The maximum atomic E-state index is 13.7. The highest BCUT2D eigenvalue weighted by Gasteiger charge is 2.15. The number of benzene rings is 1. The van der Waals surface area contributed by atoms with E-state index in [-0.39, 0.29) is 35.9 Å². The average molecular weight is 544 g/mol. The zero-order valence-electron chi connectivity index (χ0n) is 15.1. The average Bonchev–Trinajstić information content (AvgIpc) is 3.11. The molecule has 0 aromatic heterocycles. The predicted molar refractivity (Wildman–Crippen MR) is 117 cm³/mol. The van der Waals surface area contributed by atoms with Crippen LogP contribution >= 0.6 is 39.9 Å². The number of nitrogens with one attached hydrogen (secondary N) is 2. The van der Waals surface area contributed by atoms with Gasteiger partial charge in [-0.15, -0.1) is 24.0 Å². The van der Waals surface area contributed by atoms with E-state index >= 15 is 0 Å². The van der Waals surface area contributed by atoms with Crippen molar-refractivity contribution in [2.75, 3.05) is 40.0 Å². The van der Waals surface area contributed by atoms with Crippen LogP contribution in [0, 0.1) is 5.82 Å². The second-order valence-electron chi connectivity index (χ2n) is 5.97. The molecule has 0 saturated carbocycles. The Kier molecular flexibility index (Phi) is 12.4. The van der Waals surface area contributed by atoms with Gasteiger partial charge < -0.3 is 20.1 Å². The summed E-state index contributed by atoms with van der Waals surface area (Å²) >= 11 is 3.27. The molecule has 1 unspecified atom stereocenters. The zero-order valence-corrected chi connectivity index (χ0v) is 19.0. The molecule has 0 radical (unpaired) electrons. The van der Waals surface area contributed by atoms with Gasteiger partial charge in [0.1, 0.15) is 5.82 Å². The van der Waals surface area contributed by atoms with Gasteiger partial charge in [-0.05, 0) is 43.4 Å². The van der Waals surface area contributed by atoms with Crippen LogP contribution in [0.25, 0.3) is 0 Å². The summed E-state index contributed by atoms with van der Waals surface area (Å²) in [6.07, 6.45) is 3.71. The largest absolute Gasteiger partial charge is 0.379 e. The van der Waals surface area contributed by atoms with Crippen molar-refractivity contribution < 1.29 is 13.9 Å². The monoisotopic (exact) mass is 543 g/mol. The van der Waals surface area contributed by atoms with E-state index in [0.29, 0.717) is 6.42 Å². The summed E-state index contributed by atoms with van der Waals surface area (Å²) < 4.78 is 25.5. The second-order valence-corrected chi connectivity index (χ2v) is 6.89. The summed E-state index contributed by atoms with van der Waals surface area (Å²) in [7, 11) is 1.75. The first kappa shape index (κ1) is 23.6. The van der Waals surface area contributed by atoms with Crippen LogP contribution in [0.15, 0.2) is 27.7 Å². The molecule has 1 aliphatic rings. The van der Waals surface area contributed by atoms with E-state index in [1.54, 1.807) is 7.05 Å². The molecular weight excluding hydrogens is 516 g/mol.